The zero-order valence-electron chi connectivity index (χ0n) is 20.2. The predicted molar refractivity (Wildman–Crippen MR) is 150 cm³/mol. The smallest absolute Gasteiger partial charge is 0.267 e. The quantitative estimate of drug-likeness (QED) is 0.303. The maximum absolute atomic E-state index is 13.2. The zero-order valence-corrected chi connectivity index (χ0v) is 23.3. The first kappa shape index (κ1) is 27.6. The van der Waals surface area contributed by atoms with Crippen LogP contribution < -0.4 is 10.6 Å². The number of carbonyl (C=O) groups is 2. The highest BCUT2D eigenvalue weighted by molar-refractivity contribution is 7.13. The Labute approximate surface area is 234 Å². The number of phenolic OH excluding ortho intramolecular Hbond substituents is 1. The third-order valence-corrected chi connectivity index (χ3v) is 8.29. The van der Waals surface area contributed by atoms with E-state index >= 15 is 0 Å². The van der Waals surface area contributed by atoms with E-state index < -0.39 is 11.8 Å². The largest absolute Gasteiger partial charge is 0.506 e. The van der Waals surface area contributed by atoms with Crippen LogP contribution in [0.1, 0.15) is 38.4 Å². The van der Waals surface area contributed by atoms with E-state index in [9.17, 15) is 14.7 Å². The number of likely N-dealkylation sites (tertiary alicyclic amines) is 1. The van der Waals surface area contributed by atoms with Crippen molar-refractivity contribution >= 4 is 69.5 Å². The Morgan fingerprint density at radius 3 is 2.54 bits per heavy atom. The summed E-state index contributed by atoms with van der Waals surface area (Å²) in [7, 11) is 4.19. The molecule has 0 bridgehead atoms. The average Bonchev–Trinajstić information content (AvgIpc) is 3.22. The van der Waals surface area contributed by atoms with Crippen LogP contribution in [-0.4, -0.2) is 64.9 Å². The van der Waals surface area contributed by atoms with Gasteiger partial charge in [-0.1, -0.05) is 34.8 Å². The number of hydrogen-bond acceptors (Lipinski definition) is 7. The minimum Gasteiger partial charge on any atom is -0.506 e. The molecule has 1 fully saturated rings. The minimum atomic E-state index is -0.624. The van der Waals surface area contributed by atoms with Crippen molar-refractivity contribution in [3.8, 4) is 5.75 Å². The van der Waals surface area contributed by atoms with Crippen molar-refractivity contribution in [2.24, 2.45) is 0 Å². The number of nitrogens with one attached hydrogen (secondary N) is 2. The molecule has 3 heterocycles. The maximum atomic E-state index is 13.2. The molecule has 196 valence electrons. The number of aromatic hydroxyl groups is 1. The Kier molecular flexibility index (Phi) is 8.94. The van der Waals surface area contributed by atoms with Crippen LogP contribution in [0, 0.1) is 0 Å². The summed E-state index contributed by atoms with van der Waals surface area (Å²) in [4.78, 5) is 35.0. The van der Waals surface area contributed by atoms with E-state index in [1.807, 2.05) is 5.38 Å². The number of rotatable bonds is 7. The number of nitrogens with zero attached hydrogens (tertiary/aromatic N) is 3. The summed E-state index contributed by atoms with van der Waals surface area (Å²) >= 11 is 19.7. The summed E-state index contributed by atoms with van der Waals surface area (Å²) in [6, 6.07) is 6.14. The molecule has 1 aliphatic heterocycles. The van der Waals surface area contributed by atoms with Crippen molar-refractivity contribution in [2.45, 2.75) is 25.4 Å². The lowest BCUT2D eigenvalue weighted by Crippen LogP contribution is -2.41. The topological polar surface area (TPSA) is 97.8 Å². The molecular formula is C25H26Cl3N5O3S. The molecule has 1 aliphatic rings. The Bertz CT molecular complexity index is 1290. The number of pyridine rings is 1. The van der Waals surface area contributed by atoms with Crippen LogP contribution in [0.4, 0.5) is 11.5 Å². The molecule has 2 aromatic heterocycles. The van der Waals surface area contributed by atoms with Gasteiger partial charge in [0.25, 0.3) is 11.8 Å². The van der Waals surface area contributed by atoms with Gasteiger partial charge < -0.3 is 20.6 Å². The molecule has 0 aliphatic carbocycles. The number of hydrogen-bond donors (Lipinski definition) is 3. The van der Waals surface area contributed by atoms with E-state index in [1.54, 1.807) is 6.07 Å². The average molecular weight is 583 g/mol. The standard InChI is InChI=1S/C25H26Cl3N5O3S/c1-32-7-5-17(6-8-32)33(2)12-14-13-37-23(21(14)28)25(36)31-22-18(9-16(27)10-19(22)34)24(35)30-20-4-3-15(26)11-29-20/h3-4,9-11,13,17,34H,5-8,12H2,1-2H3,(H,31,36)(H,29,30,35). The summed E-state index contributed by atoms with van der Waals surface area (Å²) in [6.45, 7) is 2.72. The fraction of sp³-hybridized carbons (Fsp3) is 0.320. The van der Waals surface area contributed by atoms with E-state index in [1.165, 1.54) is 35.7 Å². The number of piperidine rings is 1. The van der Waals surface area contributed by atoms with Crippen molar-refractivity contribution in [1.29, 1.82) is 0 Å². The van der Waals surface area contributed by atoms with Crippen LogP contribution >= 0.6 is 46.1 Å². The molecule has 12 heteroatoms. The van der Waals surface area contributed by atoms with Crippen molar-refractivity contribution in [1.82, 2.24) is 14.8 Å². The van der Waals surface area contributed by atoms with Gasteiger partial charge in [0.05, 0.1) is 21.3 Å². The number of aromatic nitrogens is 1. The van der Waals surface area contributed by atoms with Gasteiger partial charge in [-0.2, -0.15) is 0 Å². The van der Waals surface area contributed by atoms with Crippen molar-refractivity contribution in [3.05, 3.63) is 66.9 Å². The molecule has 0 atom stereocenters. The summed E-state index contributed by atoms with van der Waals surface area (Å²) < 4.78 is 0. The lowest BCUT2D eigenvalue weighted by molar-refractivity contribution is 0.102. The highest BCUT2D eigenvalue weighted by Gasteiger charge is 2.25. The second kappa shape index (κ2) is 12.0. The van der Waals surface area contributed by atoms with Crippen LogP contribution in [0.2, 0.25) is 15.1 Å². The highest BCUT2D eigenvalue weighted by atomic mass is 35.5. The van der Waals surface area contributed by atoms with Crippen LogP contribution in [-0.2, 0) is 6.54 Å². The van der Waals surface area contributed by atoms with Gasteiger partial charge in [0.1, 0.15) is 16.4 Å². The number of halogens is 3. The van der Waals surface area contributed by atoms with Gasteiger partial charge in [-0.25, -0.2) is 4.98 Å². The molecule has 8 nitrogen and oxygen atoms in total. The van der Waals surface area contributed by atoms with Crippen molar-refractivity contribution < 1.29 is 14.7 Å². The molecular weight excluding hydrogens is 557 g/mol. The van der Waals surface area contributed by atoms with Gasteiger partial charge in [0.15, 0.2) is 0 Å². The van der Waals surface area contributed by atoms with E-state index in [4.69, 9.17) is 34.8 Å². The molecule has 0 saturated carbocycles. The fourth-order valence-electron chi connectivity index (χ4n) is 4.18. The second-order valence-corrected chi connectivity index (χ2v) is 11.1. The van der Waals surface area contributed by atoms with Crippen LogP contribution in [0.15, 0.2) is 35.8 Å². The monoisotopic (exact) mass is 581 g/mol. The van der Waals surface area contributed by atoms with Crippen molar-refractivity contribution in [2.75, 3.05) is 37.8 Å². The number of carbonyl (C=O) groups excluding carboxylic acids is 2. The Hall–Kier alpha value is -2.40. The molecule has 2 amide bonds. The normalized spacial score (nSPS) is 14.6. The lowest BCUT2D eigenvalue weighted by Gasteiger charge is -2.35. The molecule has 1 saturated heterocycles. The SMILES string of the molecule is CN1CCC(N(C)Cc2csc(C(=O)Nc3c(O)cc(Cl)cc3C(=O)Nc3ccc(Cl)cn3)c2Cl)CC1. The predicted octanol–water partition coefficient (Wildman–Crippen LogP) is 5.84. The molecule has 3 N–H and O–H groups in total. The fourth-order valence-corrected chi connectivity index (χ4v) is 5.75. The van der Waals surface area contributed by atoms with Gasteiger partial charge in [0, 0.05) is 29.9 Å². The van der Waals surface area contributed by atoms with E-state index in [2.05, 4.69) is 39.5 Å². The summed E-state index contributed by atoms with van der Waals surface area (Å²) in [5.74, 6) is -1.28. The third kappa shape index (κ3) is 6.73. The van der Waals surface area contributed by atoms with Crippen LogP contribution in [0.3, 0.4) is 0 Å². The third-order valence-electron chi connectivity index (χ3n) is 6.27. The number of benzene rings is 1. The van der Waals surface area contributed by atoms with Crippen LogP contribution in [0.5, 0.6) is 5.75 Å². The zero-order chi connectivity index (χ0) is 26.7. The Morgan fingerprint density at radius 2 is 1.86 bits per heavy atom. The molecule has 4 rings (SSSR count). The molecule has 1 aromatic carbocycles. The molecule has 3 aromatic rings. The molecule has 0 radical (unpaired) electrons. The first-order valence-corrected chi connectivity index (χ1v) is 13.5. The lowest BCUT2D eigenvalue weighted by atomic mass is 10.0. The number of anilines is 2. The van der Waals surface area contributed by atoms with Gasteiger partial charge in [-0.15, -0.1) is 11.3 Å². The number of thiophene rings is 1. The highest BCUT2D eigenvalue weighted by Crippen LogP contribution is 2.35. The molecule has 0 unspecified atom stereocenters. The summed E-state index contributed by atoms with van der Waals surface area (Å²) in [5, 5.41) is 18.5. The first-order valence-electron chi connectivity index (χ1n) is 11.5. The summed E-state index contributed by atoms with van der Waals surface area (Å²) in [6.07, 6.45) is 3.54. The van der Waals surface area contributed by atoms with E-state index in [-0.39, 0.29) is 32.7 Å². The molecule has 37 heavy (non-hydrogen) atoms. The van der Waals surface area contributed by atoms with Crippen molar-refractivity contribution in [3.63, 3.8) is 0 Å². The molecule has 0 spiro atoms. The number of amides is 2. The van der Waals surface area contributed by atoms with Gasteiger partial charge in [-0.05, 0) is 69.2 Å². The summed E-state index contributed by atoms with van der Waals surface area (Å²) in [5.41, 5.74) is 0.727. The van der Waals surface area contributed by atoms with Gasteiger partial charge in [-0.3, -0.25) is 14.5 Å². The second-order valence-electron chi connectivity index (χ2n) is 8.97. The maximum Gasteiger partial charge on any atom is 0.267 e. The van der Waals surface area contributed by atoms with Crippen LogP contribution in [0.25, 0.3) is 0 Å². The minimum absolute atomic E-state index is 0.0370. The van der Waals surface area contributed by atoms with Gasteiger partial charge in [0.2, 0.25) is 0 Å². The first-order chi connectivity index (χ1) is 17.6. The van der Waals surface area contributed by atoms with E-state index in [0.29, 0.717) is 22.6 Å². The van der Waals surface area contributed by atoms with E-state index in [0.717, 1.165) is 31.5 Å². The number of phenols is 1. The Morgan fingerprint density at radius 1 is 1.14 bits per heavy atom. The Balaban J connectivity index is 1.50. The van der Waals surface area contributed by atoms with Gasteiger partial charge >= 0.3 is 0 Å².